The van der Waals surface area contributed by atoms with Crippen LogP contribution in [0.4, 0.5) is 5.82 Å². The highest BCUT2D eigenvalue weighted by Gasteiger charge is 2.16. The van der Waals surface area contributed by atoms with Crippen LogP contribution in [0.1, 0.15) is 37.9 Å². The lowest BCUT2D eigenvalue weighted by molar-refractivity contribution is 0.675. The zero-order valence-corrected chi connectivity index (χ0v) is 8.35. The van der Waals surface area contributed by atoms with Gasteiger partial charge in [-0.3, -0.25) is 5.10 Å². The SMILES string of the molecule is CC(C)Nc1n[nH]c2c1CCCC2. The molecule has 0 spiro atoms. The summed E-state index contributed by atoms with van der Waals surface area (Å²) in [6.07, 6.45) is 4.96. The van der Waals surface area contributed by atoms with Gasteiger partial charge in [-0.05, 0) is 39.5 Å². The number of nitrogens with zero attached hydrogens (tertiary/aromatic N) is 1. The number of nitrogens with one attached hydrogen (secondary N) is 2. The summed E-state index contributed by atoms with van der Waals surface area (Å²) >= 11 is 0. The molecular weight excluding hydrogens is 162 g/mol. The van der Waals surface area contributed by atoms with E-state index in [4.69, 9.17) is 0 Å². The van der Waals surface area contributed by atoms with E-state index in [0.29, 0.717) is 6.04 Å². The third-order valence-electron chi connectivity index (χ3n) is 2.48. The zero-order valence-electron chi connectivity index (χ0n) is 8.35. The summed E-state index contributed by atoms with van der Waals surface area (Å²) in [7, 11) is 0. The minimum atomic E-state index is 0.467. The van der Waals surface area contributed by atoms with Gasteiger partial charge in [-0.2, -0.15) is 5.10 Å². The number of hydrogen-bond acceptors (Lipinski definition) is 2. The molecule has 1 aliphatic rings. The molecule has 2 rings (SSSR count). The third kappa shape index (κ3) is 1.69. The Balaban J connectivity index is 2.21. The van der Waals surface area contributed by atoms with Crippen molar-refractivity contribution in [3.8, 4) is 0 Å². The maximum absolute atomic E-state index is 4.30. The molecule has 0 radical (unpaired) electrons. The van der Waals surface area contributed by atoms with Gasteiger partial charge in [0.15, 0.2) is 5.82 Å². The second kappa shape index (κ2) is 3.40. The first-order valence-electron chi connectivity index (χ1n) is 5.10. The van der Waals surface area contributed by atoms with Crippen molar-refractivity contribution in [2.75, 3.05) is 5.32 Å². The van der Waals surface area contributed by atoms with E-state index in [1.54, 1.807) is 0 Å². The normalized spacial score (nSPS) is 15.9. The number of aryl methyl sites for hydroxylation is 1. The van der Waals surface area contributed by atoms with Gasteiger partial charge in [0.05, 0.1) is 0 Å². The van der Waals surface area contributed by atoms with Gasteiger partial charge >= 0.3 is 0 Å². The number of aromatic nitrogens is 2. The van der Waals surface area contributed by atoms with Gasteiger partial charge in [0.25, 0.3) is 0 Å². The Morgan fingerprint density at radius 2 is 2.08 bits per heavy atom. The minimum Gasteiger partial charge on any atom is -0.366 e. The van der Waals surface area contributed by atoms with E-state index >= 15 is 0 Å². The Labute approximate surface area is 78.9 Å². The second-order valence-electron chi connectivity index (χ2n) is 4.04. The topological polar surface area (TPSA) is 40.7 Å². The quantitative estimate of drug-likeness (QED) is 0.730. The summed E-state index contributed by atoms with van der Waals surface area (Å²) in [5, 5.41) is 10.8. The van der Waals surface area contributed by atoms with Crippen molar-refractivity contribution in [2.24, 2.45) is 0 Å². The van der Waals surface area contributed by atoms with Crippen LogP contribution in [-0.4, -0.2) is 16.2 Å². The van der Waals surface area contributed by atoms with Crippen molar-refractivity contribution in [3.05, 3.63) is 11.3 Å². The Kier molecular flexibility index (Phi) is 2.25. The van der Waals surface area contributed by atoms with Gasteiger partial charge in [0.2, 0.25) is 0 Å². The monoisotopic (exact) mass is 179 g/mol. The van der Waals surface area contributed by atoms with Crippen molar-refractivity contribution >= 4 is 5.82 Å². The third-order valence-corrected chi connectivity index (χ3v) is 2.48. The molecule has 1 aromatic rings. The predicted molar refractivity (Wildman–Crippen MR) is 54.0 cm³/mol. The van der Waals surface area contributed by atoms with Gasteiger partial charge in [-0.25, -0.2) is 0 Å². The Bertz CT molecular complexity index is 288. The molecule has 1 heterocycles. The van der Waals surface area contributed by atoms with Crippen LogP contribution in [0.15, 0.2) is 0 Å². The Hall–Kier alpha value is -0.990. The van der Waals surface area contributed by atoms with E-state index in [2.05, 4.69) is 29.4 Å². The molecule has 0 bridgehead atoms. The van der Waals surface area contributed by atoms with E-state index in [9.17, 15) is 0 Å². The molecule has 1 aliphatic carbocycles. The van der Waals surface area contributed by atoms with Crippen LogP contribution in [0.3, 0.4) is 0 Å². The highest BCUT2D eigenvalue weighted by molar-refractivity contribution is 5.48. The molecule has 0 amide bonds. The van der Waals surface area contributed by atoms with E-state index < -0.39 is 0 Å². The summed E-state index contributed by atoms with van der Waals surface area (Å²) in [5.41, 5.74) is 2.76. The van der Waals surface area contributed by atoms with Crippen molar-refractivity contribution in [1.29, 1.82) is 0 Å². The maximum Gasteiger partial charge on any atom is 0.151 e. The van der Waals surface area contributed by atoms with Crippen LogP contribution < -0.4 is 5.32 Å². The summed E-state index contributed by atoms with van der Waals surface area (Å²) < 4.78 is 0. The molecule has 0 fully saturated rings. The molecule has 13 heavy (non-hydrogen) atoms. The van der Waals surface area contributed by atoms with E-state index in [-0.39, 0.29) is 0 Å². The number of rotatable bonds is 2. The van der Waals surface area contributed by atoms with Gasteiger partial charge in [-0.1, -0.05) is 0 Å². The van der Waals surface area contributed by atoms with E-state index in [1.165, 1.54) is 36.9 Å². The number of hydrogen-bond donors (Lipinski definition) is 2. The second-order valence-corrected chi connectivity index (χ2v) is 4.04. The van der Waals surface area contributed by atoms with Gasteiger partial charge < -0.3 is 5.32 Å². The minimum absolute atomic E-state index is 0.467. The van der Waals surface area contributed by atoms with Crippen LogP contribution in [0.5, 0.6) is 0 Å². The molecule has 0 saturated heterocycles. The van der Waals surface area contributed by atoms with Crippen LogP contribution in [0.2, 0.25) is 0 Å². The van der Waals surface area contributed by atoms with Gasteiger partial charge in [0, 0.05) is 17.3 Å². The van der Waals surface area contributed by atoms with Crippen LogP contribution in [-0.2, 0) is 12.8 Å². The highest BCUT2D eigenvalue weighted by atomic mass is 15.2. The predicted octanol–water partition coefficient (Wildman–Crippen LogP) is 2.11. The fourth-order valence-corrected chi connectivity index (χ4v) is 1.87. The van der Waals surface area contributed by atoms with Crippen molar-refractivity contribution in [1.82, 2.24) is 10.2 Å². The Morgan fingerprint density at radius 3 is 2.85 bits per heavy atom. The fourth-order valence-electron chi connectivity index (χ4n) is 1.87. The summed E-state index contributed by atoms with van der Waals surface area (Å²) in [6.45, 7) is 4.29. The molecule has 72 valence electrons. The number of fused-ring (bicyclic) bond motifs is 1. The highest BCUT2D eigenvalue weighted by Crippen LogP contribution is 2.25. The van der Waals surface area contributed by atoms with E-state index in [0.717, 1.165) is 5.82 Å². The summed E-state index contributed by atoms with van der Waals surface area (Å²) in [4.78, 5) is 0. The van der Waals surface area contributed by atoms with Gasteiger partial charge in [0.1, 0.15) is 0 Å². The van der Waals surface area contributed by atoms with Gasteiger partial charge in [-0.15, -0.1) is 0 Å². The molecule has 0 aromatic carbocycles. The smallest absolute Gasteiger partial charge is 0.151 e. The van der Waals surface area contributed by atoms with Crippen molar-refractivity contribution in [3.63, 3.8) is 0 Å². The van der Waals surface area contributed by atoms with Crippen LogP contribution in [0, 0.1) is 0 Å². The molecule has 3 heteroatoms. The first kappa shape index (κ1) is 8.60. The molecule has 0 aliphatic heterocycles. The first-order valence-corrected chi connectivity index (χ1v) is 5.10. The van der Waals surface area contributed by atoms with E-state index in [1.807, 2.05) is 0 Å². The standard InChI is InChI=1S/C10H17N3/c1-7(2)11-10-8-5-3-4-6-9(8)12-13-10/h7H,3-6H2,1-2H3,(H2,11,12,13). The molecule has 0 atom stereocenters. The van der Waals surface area contributed by atoms with Crippen LogP contribution >= 0.6 is 0 Å². The average Bonchev–Trinajstić information content (AvgIpc) is 2.48. The largest absolute Gasteiger partial charge is 0.366 e. The number of H-pyrrole nitrogens is 1. The summed E-state index contributed by atoms with van der Waals surface area (Å²) in [5.74, 6) is 1.07. The number of aromatic amines is 1. The van der Waals surface area contributed by atoms with Crippen molar-refractivity contribution < 1.29 is 0 Å². The van der Waals surface area contributed by atoms with Crippen molar-refractivity contribution in [2.45, 2.75) is 45.6 Å². The lowest BCUT2D eigenvalue weighted by Crippen LogP contribution is -2.12. The molecule has 3 nitrogen and oxygen atoms in total. The Morgan fingerprint density at radius 1 is 1.31 bits per heavy atom. The number of anilines is 1. The molecule has 0 unspecified atom stereocenters. The molecule has 1 aromatic heterocycles. The molecule has 2 N–H and O–H groups in total. The average molecular weight is 179 g/mol. The molecule has 0 saturated carbocycles. The van der Waals surface area contributed by atoms with Crippen LogP contribution in [0.25, 0.3) is 0 Å². The summed E-state index contributed by atoms with van der Waals surface area (Å²) in [6, 6.07) is 0.467. The fraction of sp³-hybridized carbons (Fsp3) is 0.700. The lowest BCUT2D eigenvalue weighted by Gasteiger charge is -2.13. The molecular formula is C10H17N3. The zero-order chi connectivity index (χ0) is 9.26. The first-order chi connectivity index (χ1) is 6.27. The lowest BCUT2D eigenvalue weighted by atomic mass is 9.97. The maximum atomic E-state index is 4.30.